The highest BCUT2D eigenvalue weighted by molar-refractivity contribution is 5.95. The van der Waals surface area contributed by atoms with E-state index >= 15 is 0 Å². The molecule has 1 heteroatoms. The van der Waals surface area contributed by atoms with Gasteiger partial charge in [-0.2, -0.15) is 0 Å². The van der Waals surface area contributed by atoms with Crippen molar-refractivity contribution >= 4 is 11.4 Å². The summed E-state index contributed by atoms with van der Waals surface area (Å²) >= 11 is 0. The van der Waals surface area contributed by atoms with E-state index in [1.807, 2.05) is 6.07 Å². The van der Waals surface area contributed by atoms with Crippen molar-refractivity contribution < 1.29 is 0 Å². The highest BCUT2D eigenvalue weighted by Gasteiger charge is 2.38. The minimum Gasteiger partial charge on any atom is -0.355 e. The number of benzene rings is 4. The molecule has 136 valence electrons. The standard InChI is InChI=1S/C27H23N/c1-27(2)23-17-10-18-24(28-20-13-7-4-8-14-20)25(23)22-16-9-15-21(26(22)27)19-11-5-3-6-12-19/h3-18,28H,1-2H3. The summed E-state index contributed by atoms with van der Waals surface area (Å²) in [5.41, 5.74) is 10.3. The molecule has 4 aromatic rings. The van der Waals surface area contributed by atoms with Gasteiger partial charge >= 0.3 is 0 Å². The summed E-state index contributed by atoms with van der Waals surface area (Å²) in [7, 11) is 0. The van der Waals surface area contributed by atoms with Crippen molar-refractivity contribution in [2.24, 2.45) is 0 Å². The van der Waals surface area contributed by atoms with E-state index < -0.39 is 0 Å². The van der Waals surface area contributed by atoms with E-state index in [4.69, 9.17) is 0 Å². The van der Waals surface area contributed by atoms with Crippen LogP contribution >= 0.6 is 0 Å². The molecule has 1 nitrogen and oxygen atoms in total. The second-order valence-corrected chi connectivity index (χ2v) is 7.94. The maximum atomic E-state index is 3.64. The molecule has 0 saturated carbocycles. The third kappa shape index (κ3) is 2.55. The van der Waals surface area contributed by atoms with Crippen LogP contribution in [0.4, 0.5) is 11.4 Å². The molecular formula is C27H23N. The van der Waals surface area contributed by atoms with Gasteiger partial charge < -0.3 is 5.32 Å². The molecule has 28 heavy (non-hydrogen) atoms. The fourth-order valence-electron chi connectivity index (χ4n) is 4.57. The predicted octanol–water partition coefficient (Wildman–Crippen LogP) is 7.40. The van der Waals surface area contributed by atoms with E-state index in [-0.39, 0.29) is 5.41 Å². The molecule has 0 fully saturated rings. The first-order chi connectivity index (χ1) is 13.7. The number of hydrogen-bond acceptors (Lipinski definition) is 1. The summed E-state index contributed by atoms with van der Waals surface area (Å²) in [6.45, 7) is 4.69. The summed E-state index contributed by atoms with van der Waals surface area (Å²) in [6.07, 6.45) is 0. The Morgan fingerprint density at radius 2 is 1.25 bits per heavy atom. The fourth-order valence-corrected chi connectivity index (χ4v) is 4.57. The van der Waals surface area contributed by atoms with E-state index in [9.17, 15) is 0 Å². The van der Waals surface area contributed by atoms with Gasteiger partial charge in [0.15, 0.2) is 0 Å². The lowest BCUT2D eigenvalue weighted by Crippen LogP contribution is -2.16. The molecule has 5 rings (SSSR count). The smallest absolute Gasteiger partial charge is 0.0467 e. The van der Waals surface area contributed by atoms with Gasteiger partial charge in [0.25, 0.3) is 0 Å². The summed E-state index contributed by atoms with van der Waals surface area (Å²) in [5.74, 6) is 0. The molecule has 0 atom stereocenters. The van der Waals surface area contributed by atoms with E-state index in [0.29, 0.717) is 0 Å². The van der Waals surface area contributed by atoms with Gasteiger partial charge in [-0.05, 0) is 46.0 Å². The third-order valence-corrected chi connectivity index (χ3v) is 5.83. The molecule has 0 unspecified atom stereocenters. The van der Waals surface area contributed by atoms with Gasteiger partial charge in [-0.1, -0.05) is 92.7 Å². The van der Waals surface area contributed by atoms with Crippen molar-refractivity contribution in [3.63, 3.8) is 0 Å². The number of para-hydroxylation sites is 1. The molecule has 0 aromatic heterocycles. The van der Waals surface area contributed by atoms with Crippen molar-refractivity contribution in [1.82, 2.24) is 0 Å². The zero-order chi connectivity index (χ0) is 19.1. The number of anilines is 2. The molecule has 0 aliphatic heterocycles. The Hall–Kier alpha value is -3.32. The molecule has 1 aliphatic rings. The van der Waals surface area contributed by atoms with Crippen molar-refractivity contribution in [2.75, 3.05) is 5.32 Å². The molecule has 0 amide bonds. The molecule has 1 N–H and O–H groups in total. The van der Waals surface area contributed by atoms with Gasteiger partial charge in [0.1, 0.15) is 0 Å². The van der Waals surface area contributed by atoms with Crippen molar-refractivity contribution in [1.29, 1.82) is 0 Å². The van der Waals surface area contributed by atoms with Crippen LogP contribution < -0.4 is 5.32 Å². The quantitative estimate of drug-likeness (QED) is 0.401. The first-order valence-electron chi connectivity index (χ1n) is 9.81. The first kappa shape index (κ1) is 16.8. The Morgan fingerprint density at radius 1 is 0.607 bits per heavy atom. The molecule has 0 saturated heterocycles. The van der Waals surface area contributed by atoms with Crippen LogP contribution in [0.2, 0.25) is 0 Å². The lowest BCUT2D eigenvalue weighted by Gasteiger charge is -2.24. The molecule has 0 radical (unpaired) electrons. The van der Waals surface area contributed by atoms with Crippen LogP contribution in [-0.2, 0) is 5.41 Å². The van der Waals surface area contributed by atoms with E-state index in [1.165, 1.54) is 39.1 Å². The average Bonchev–Trinajstić information content (AvgIpc) is 2.98. The van der Waals surface area contributed by atoms with Gasteiger partial charge in [0.05, 0.1) is 0 Å². The van der Waals surface area contributed by atoms with E-state index in [0.717, 1.165) is 5.69 Å². The summed E-state index contributed by atoms with van der Waals surface area (Å²) in [6, 6.07) is 34.5. The minimum atomic E-state index is -0.0501. The molecule has 1 aliphatic carbocycles. The Balaban J connectivity index is 1.73. The maximum absolute atomic E-state index is 3.64. The zero-order valence-corrected chi connectivity index (χ0v) is 16.2. The summed E-state index contributed by atoms with van der Waals surface area (Å²) in [5, 5.41) is 3.64. The molecule has 0 heterocycles. The van der Waals surface area contributed by atoms with Crippen molar-refractivity contribution in [3.8, 4) is 22.3 Å². The minimum absolute atomic E-state index is 0.0501. The zero-order valence-electron chi connectivity index (χ0n) is 16.2. The van der Waals surface area contributed by atoms with Gasteiger partial charge in [0, 0.05) is 22.4 Å². The second-order valence-electron chi connectivity index (χ2n) is 7.94. The normalized spacial score (nSPS) is 13.6. The van der Waals surface area contributed by atoms with E-state index in [1.54, 1.807) is 0 Å². The predicted molar refractivity (Wildman–Crippen MR) is 119 cm³/mol. The van der Waals surface area contributed by atoms with Gasteiger partial charge in [-0.25, -0.2) is 0 Å². The first-order valence-corrected chi connectivity index (χ1v) is 9.81. The Morgan fingerprint density at radius 3 is 2.00 bits per heavy atom. The molecule has 0 spiro atoms. The second kappa shape index (κ2) is 6.38. The maximum Gasteiger partial charge on any atom is 0.0467 e. The lowest BCUT2D eigenvalue weighted by molar-refractivity contribution is 0.662. The number of nitrogens with one attached hydrogen (secondary N) is 1. The highest BCUT2D eigenvalue weighted by atomic mass is 14.9. The van der Waals surface area contributed by atoms with Crippen LogP contribution in [0.15, 0.2) is 97.1 Å². The Bertz CT molecular complexity index is 1140. The van der Waals surface area contributed by atoms with Crippen molar-refractivity contribution in [3.05, 3.63) is 108 Å². The lowest BCUT2D eigenvalue weighted by atomic mass is 9.79. The molecular weight excluding hydrogens is 338 g/mol. The number of hydrogen-bond donors (Lipinski definition) is 1. The van der Waals surface area contributed by atoms with Crippen LogP contribution in [0.25, 0.3) is 22.3 Å². The SMILES string of the molecule is CC1(C)c2cccc(Nc3ccccc3)c2-c2cccc(-c3ccccc3)c21. The van der Waals surface area contributed by atoms with Crippen LogP contribution in [-0.4, -0.2) is 0 Å². The number of fused-ring (bicyclic) bond motifs is 3. The Labute approximate surface area is 166 Å². The van der Waals surface area contributed by atoms with Gasteiger partial charge in [-0.3, -0.25) is 0 Å². The fraction of sp³-hybridized carbons (Fsp3) is 0.111. The van der Waals surface area contributed by atoms with Crippen LogP contribution in [0.5, 0.6) is 0 Å². The highest BCUT2D eigenvalue weighted by Crippen LogP contribution is 2.54. The van der Waals surface area contributed by atoms with Crippen LogP contribution in [0.3, 0.4) is 0 Å². The van der Waals surface area contributed by atoms with Crippen molar-refractivity contribution in [2.45, 2.75) is 19.3 Å². The number of rotatable bonds is 3. The largest absolute Gasteiger partial charge is 0.355 e. The van der Waals surface area contributed by atoms with Gasteiger partial charge in [0.2, 0.25) is 0 Å². The average molecular weight is 361 g/mol. The van der Waals surface area contributed by atoms with Crippen LogP contribution in [0, 0.1) is 0 Å². The Kier molecular flexibility index (Phi) is 3.84. The van der Waals surface area contributed by atoms with E-state index in [2.05, 4.69) is 110 Å². The molecule has 4 aromatic carbocycles. The molecule has 0 bridgehead atoms. The third-order valence-electron chi connectivity index (χ3n) is 5.83. The topological polar surface area (TPSA) is 12.0 Å². The van der Waals surface area contributed by atoms with Gasteiger partial charge in [-0.15, -0.1) is 0 Å². The summed E-state index contributed by atoms with van der Waals surface area (Å²) < 4.78 is 0. The monoisotopic (exact) mass is 361 g/mol. The summed E-state index contributed by atoms with van der Waals surface area (Å²) in [4.78, 5) is 0. The van der Waals surface area contributed by atoms with Crippen LogP contribution in [0.1, 0.15) is 25.0 Å².